The zero-order valence-electron chi connectivity index (χ0n) is 22.5. The van der Waals surface area contributed by atoms with Crippen molar-refractivity contribution in [2.24, 2.45) is 46.3 Å². The van der Waals surface area contributed by atoms with Gasteiger partial charge in [0, 0.05) is 9.97 Å². The van der Waals surface area contributed by atoms with Crippen LogP contribution in [0.2, 0.25) is 0 Å². The van der Waals surface area contributed by atoms with Crippen LogP contribution < -0.4 is 0 Å². The lowest BCUT2D eigenvalue weighted by atomic mass is 9.39. The van der Waals surface area contributed by atoms with Crippen molar-refractivity contribution in [3.63, 3.8) is 0 Å². The Morgan fingerprint density at radius 2 is 1.91 bits per heavy atom. The van der Waals surface area contributed by atoms with Gasteiger partial charge in [-0.15, -0.1) is 5.10 Å². The summed E-state index contributed by atoms with van der Waals surface area (Å²) in [6.07, 6.45) is 18.9. The Morgan fingerprint density at radius 1 is 1.09 bits per heavy atom. The van der Waals surface area contributed by atoms with Crippen LogP contribution in [0.15, 0.2) is 0 Å². The summed E-state index contributed by atoms with van der Waals surface area (Å²) in [5, 5.41) is 12.5. The number of aromatic nitrogens is 4. The van der Waals surface area contributed by atoms with Gasteiger partial charge < -0.3 is 0 Å². The normalized spacial score (nSPS) is 45.2. The molecule has 0 spiro atoms. The van der Waals surface area contributed by atoms with E-state index in [0.29, 0.717) is 20.2 Å². The van der Waals surface area contributed by atoms with Crippen molar-refractivity contribution in [2.75, 3.05) is 0 Å². The molecule has 0 aromatic carbocycles. The first-order valence-corrected chi connectivity index (χ1v) is 15.8. The molecule has 0 unspecified atom stereocenters. The number of aryl methyl sites for hydroxylation is 1. The van der Waals surface area contributed by atoms with E-state index in [0.717, 1.165) is 42.0 Å². The van der Waals surface area contributed by atoms with Gasteiger partial charge in [-0.2, -0.15) is 0 Å². The van der Waals surface area contributed by atoms with Crippen molar-refractivity contribution in [1.82, 2.24) is 20.2 Å². The quantitative estimate of drug-likeness (QED) is 0.253. The first-order chi connectivity index (χ1) is 16.3. The van der Waals surface area contributed by atoms with E-state index in [9.17, 15) is 0 Å². The molecule has 5 heteroatoms. The number of hydrogen-bond acceptors (Lipinski definition) is 3. The molecule has 0 aliphatic heterocycles. The van der Waals surface area contributed by atoms with E-state index in [1.165, 1.54) is 77.0 Å². The summed E-state index contributed by atoms with van der Waals surface area (Å²) in [7, 11) is 0. The second kappa shape index (κ2) is 9.59. The van der Waals surface area contributed by atoms with Gasteiger partial charge in [0.15, 0.2) is 0 Å². The van der Waals surface area contributed by atoms with Gasteiger partial charge in [-0.1, -0.05) is 76.0 Å². The van der Waals surface area contributed by atoms with Crippen LogP contribution in [0.25, 0.3) is 0 Å². The average molecular weight is 581 g/mol. The summed E-state index contributed by atoms with van der Waals surface area (Å²) in [5.41, 5.74) is 0.832. The molecule has 192 valence electrons. The second-order valence-corrected chi connectivity index (χ2v) is 15.2. The summed E-state index contributed by atoms with van der Waals surface area (Å²) >= 11 is 3.07. The van der Waals surface area contributed by atoms with Crippen LogP contribution in [0.4, 0.5) is 0 Å². The number of alkyl halides is 1. The van der Waals surface area contributed by atoms with E-state index >= 15 is 0 Å². The summed E-state index contributed by atoms with van der Waals surface area (Å²) in [6.45, 7) is 13.2. The van der Waals surface area contributed by atoms with E-state index in [1.54, 1.807) is 6.42 Å². The maximum Gasteiger partial charge on any atom is 0.148 e. The molecule has 0 bridgehead atoms. The molecule has 4 aliphatic rings. The summed E-state index contributed by atoms with van der Waals surface area (Å²) in [4.78, 5) is 0. The molecule has 0 radical (unpaired) electrons. The van der Waals surface area contributed by atoms with Gasteiger partial charge in [0.25, 0.3) is 0 Å². The van der Waals surface area contributed by atoms with Crippen LogP contribution >= 0.6 is 22.6 Å². The fraction of sp³-hybridized carbons (Fsp3) is 0.966. The largest absolute Gasteiger partial charge is 0.230 e. The number of rotatable bonds is 6. The van der Waals surface area contributed by atoms with Crippen molar-refractivity contribution in [3.8, 4) is 0 Å². The molecular weight excluding hydrogens is 531 g/mol. The van der Waals surface area contributed by atoms with Crippen molar-refractivity contribution in [3.05, 3.63) is 5.82 Å². The molecule has 1 heterocycles. The van der Waals surface area contributed by atoms with Gasteiger partial charge in [-0.25, -0.2) is 4.68 Å². The molecule has 0 N–H and O–H groups in total. The third kappa shape index (κ3) is 3.83. The smallest absolute Gasteiger partial charge is 0.148 e. The topological polar surface area (TPSA) is 43.6 Å². The lowest BCUT2D eigenvalue weighted by Gasteiger charge is -2.69. The van der Waals surface area contributed by atoms with Crippen molar-refractivity contribution >= 4 is 22.6 Å². The maximum absolute atomic E-state index is 4.34. The SMILES string of the molecule is CCC[C@H]1CC[C@H]2[C@@H](CC[C@]3(I)[C@@H]2CC[C@@]2(C)[C@H]3CCC[C@]2(CC)[C@H](C)Cn2nnnc2C)C1. The Kier molecular flexibility index (Phi) is 7.18. The van der Waals surface area contributed by atoms with Gasteiger partial charge in [-0.05, 0) is 121 Å². The highest BCUT2D eigenvalue weighted by atomic mass is 127. The number of tetrazole rings is 1. The molecule has 4 saturated carbocycles. The molecular formula is C29H49IN4. The minimum atomic E-state index is 0.396. The van der Waals surface area contributed by atoms with Crippen LogP contribution in [0.3, 0.4) is 0 Å². The fourth-order valence-electron chi connectivity index (χ4n) is 10.6. The van der Waals surface area contributed by atoms with Crippen LogP contribution in [0.1, 0.15) is 117 Å². The van der Waals surface area contributed by atoms with E-state index in [2.05, 4.69) is 77.4 Å². The predicted octanol–water partition coefficient (Wildman–Crippen LogP) is 8.03. The Labute approximate surface area is 222 Å². The minimum absolute atomic E-state index is 0.396. The Bertz CT molecular complexity index is 855. The standard InChI is InChI=1S/C29H49IN4/c1-6-9-22-11-12-24-23(18-22)13-17-29(30)25(24)14-16-27(5)26(29)10-8-15-28(27,7-2)20(3)19-34-21(4)31-32-33-34/h20,22-26H,6-19H2,1-5H3/t20-,22+,23+,24+,25-,26-,27+,28-,29+/m1/s1. The van der Waals surface area contributed by atoms with Crippen LogP contribution in [0.5, 0.6) is 0 Å². The number of nitrogens with zero attached hydrogens (tertiary/aromatic N) is 4. The first-order valence-electron chi connectivity index (χ1n) is 14.7. The monoisotopic (exact) mass is 580 g/mol. The highest BCUT2D eigenvalue weighted by Crippen LogP contribution is 2.72. The van der Waals surface area contributed by atoms with Gasteiger partial charge in [0.2, 0.25) is 0 Å². The van der Waals surface area contributed by atoms with Gasteiger partial charge in [-0.3, -0.25) is 0 Å². The summed E-state index contributed by atoms with van der Waals surface area (Å²) in [6, 6.07) is 0. The maximum atomic E-state index is 4.34. The van der Waals surface area contributed by atoms with Crippen LogP contribution in [0, 0.1) is 53.3 Å². The highest BCUT2D eigenvalue weighted by Gasteiger charge is 2.66. The molecule has 1 aromatic rings. The summed E-state index contributed by atoms with van der Waals surface area (Å²) in [5.74, 6) is 6.48. The van der Waals surface area contributed by atoms with Gasteiger partial charge >= 0.3 is 0 Å². The third-order valence-electron chi connectivity index (χ3n) is 12.2. The van der Waals surface area contributed by atoms with E-state index in [-0.39, 0.29) is 0 Å². The molecule has 4 nitrogen and oxygen atoms in total. The molecule has 5 rings (SSSR count). The number of hydrogen-bond donors (Lipinski definition) is 0. The van der Waals surface area contributed by atoms with Crippen LogP contribution in [-0.4, -0.2) is 23.6 Å². The molecule has 4 fully saturated rings. The van der Waals surface area contributed by atoms with Crippen LogP contribution in [-0.2, 0) is 6.54 Å². The van der Waals surface area contributed by atoms with E-state index < -0.39 is 0 Å². The van der Waals surface area contributed by atoms with E-state index in [1.807, 2.05) is 0 Å². The Morgan fingerprint density at radius 3 is 2.62 bits per heavy atom. The van der Waals surface area contributed by atoms with Crippen molar-refractivity contribution in [2.45, 2.75) is 128 Å². The lowest BCUT2D eigenvalue weighted by Crippen LogP contribution is -2.64. The predicted molar refractivity (Wildman–Crippen MR) is 148 cm³/mol. The highest BCUT2D eigenvalue weighted by molar-refractivity contribution is 14.1. The van der Waals surface area contributed by atoms with E-state index in [4.69, 9.17) is 0 Å². The molecule has 0 saturated heterocycles. The Balaban J connectivity index is 1.42. The van der Waals surface area contributed by atoms with Gasteiger partial charge in [0.1, 0.15) is 5.82 Å². The zero-order chi connectivity index (χ0) is 24.1. The fourth-order valence-corrected chi connectivity index (χ4v) is 12.6. The Hall–Kier alpha value is -0.200. The second-order valence-electron chi connectivity index (χ2n) is 13.2. The molecule has 9 atom stereocenters. The minimum Gasteiger partial charge on any atom is -0.230 e. The average Bonchev–Trinajstić information content (AvgIpc) is 3.22. The number of halogens is 1. The summed E-state index contributed by atoms with van der Waals surface area (Å²) < 4.78 is 2.59. The molecule has 1 aromatic heterocycles. The number of fused-ring (bicyclic) bond motifs is 5. The third-order valence-corrected chi connectivity index (χ3v) is 14.3. The zero-order valence-corrected chi connectivity index (χ0v) is 24.7. The first kappa shape index (κ1) is 25.4. The van der Waals surface area contributed by atoms with Crippen molar-refractivity contribution < 1.29 is 0 Å². The van der Waals surface area contributed by atoms with Gasteiger partial charge in [0.05, 0.1) is 0 Å². The molecule has 34 heavy (non-hydrogen) atoms. The molecule has 4 aliphatic carbocycles. The lowest BCUT2D eigenvalue weighted by molar-refractivity contribution is -0.157. The van der Waals surface area contributed by atoms with Crippen molar-refractivity contribution in [1.29, 1.82) is 0 Å². The molecule has 0 amide bonds.